The van der Waals surface area contributed by atoms with Crippen LogP contribution < -0.4 is 0 Å². The van der Waals surface area contributed by atoms with Crippen molar-refractivity contribution in [2.75, 3.05) is 0 Å². The largest absolute Gasteiger partial charge is 0.258 e. The predicted molar refractivity (Wildman–Crippen MR) is 67.7 cm³/mol. The number of sulfonamides is 1. The fraction of sp³-hybridized carbons (Fsp3) is 0.364. The predicted octanol–water partition coefficient (Wildman–Crippen LogP) is 2.89. The van der Waals surface area contributed by atoms with E-state index in [9.17, 15) is 8.42 Å². The molecule has 1 aromatic rings. The van der Waals surface area contributed by atoms with Crippen molar-refractivity contribution < 1.29 is 8.42 Å². The van der Waals surface area contributed by atoms with Crippen molar-refractivity contribution in [2.24, 2.45) is 4.40 Å². The van der Waals surface area contributed by atoms with Crippen molar-refractivity contribution in [3.8, 4) is 0 Å². The topological polar surface area (TPSA) is 46.5 Å². The van der Waals surface area contributed by atoms with E-state index in [-0.39, 0.29) is 0 Å². The summed E-state index contributed by atoms with van der Waals surface area (Å²) in [6.45, 7) is 4.84. The van der Waals surface area contributed by atoms with Crippen LogP contribution >= 0.6 is 11.6 Å². The molecule has 0 spiro atoms. The van der Waals surface area contributed by atoms with Crippen LogP contribution in [0.25, 0.3) is 0 Å². The van der Waals surface area contributed by atoms with E-state index >= 15 is 0 Å². The van der Waals surface area contributed by atoms with Gasteiger partial charge in [-0.05, 0) is 38.5 Å². The van der Waals surface area contributed by atoms with Crippen LogP contribution in [0.3, 0.4) is 0 Å². The number of nitrogens with zero attached hydrogens (tertiary/aromatic N) is 1. The Hall–Kier alpha value is -0.870. The average Bonchev–Trinajstić information content (AvgIpc) is 2.15. The number of halogens is 1. The van der Waals surface area contributed by atoms with Crippen molar-refractivity contribution in [1.82, 2.24) is 0 Å². The molecule has 0 aliphatic rings. The lowest BCUT2D eigenvalue weighted by molar-refractivity contribution is 0.562. The maximum Gasteiger partial charge on any atom is 0.258 e. The third kappa shape index (κ3) is 3.32. The summed E-state index contributed by atoms with van der Waals surface area (Å²) in [6, 6.07) is 6.80. The van der Waals surface area contributed by atoms with E-state index in [0.29, 0.717) is 10.6 Å². The average molecular weight is 260 g/mol. The first-order valence-electron chi connectivity index (χ1n) is 4.78. The summed E-state index contributed by atoms with van der Waals surface area (Å²) < 4.78 is 26.1. The molecule has 0 bridgehead atoms. The molecule has 0 N–H and O–H groups in total. The molecule has 0 unspecified atom stereocenters. The van der Waals surface area contributed by atoms with E-state index in [1.54, 1.807) is 45.0 Å². The van der Waals surface area contributed by atoms with E-state index in [1.807, 2.05) is 0 Å². The summed E-state index contributed by atoms with van der Waals surface area (Å²) in [4.78, 5) is 0. The third-order valence-corrected chi connectivity index (χ3v) is 4.17. The monoisotopic (exact) mass is 259 g/mol. The highest BCUT2D eigenvalue weighted by atomic mass is 35.5. The van der Waals surface area contributed by atoms with Gasteiger partial charge in [0.25, 0.3) is 10.0 Å². The van der Waals surface area contributed by atoms with Gasteiger partial charge in [-0.15, -0.1) is 0 Å². The molecule has 16 heavy (non-hydrogen) atoms. The quantitative estimate of drug-likeness (QED) is 0.767. The van der Waals surface area contributed by atoms with Crippen LogP contribution in [0.5, 0.6) is 0 Å². The van der Waals surface area contributed by atoms with Crippen LogP contribution in [0, 0.1) is 0 Å². The minimum atomic E-state index is -3.47. The second-order valence-corrected chi connectivity index (χ2v) is 7.20. The molecule has 0 amide bonds. The maximum atomic E-state index is 11.7. The fourth-order valence-corrected chi connectivity index (χ4v) is 1.54. The SMILES string of the molecule is CC(C)(C)S(=O)(=O)/N=C/c1ccc(Cl)cc1. The number of benzene rings is 1. The molecule has 0 aliphatic carbocycles. The molecule has 0 aliphatic heterocycles. The zero-order valence-corrected chi connectivity index (χ0v) is 11.0. The number of hydrogen-bond acceptors (Lipinski definition) is 2. The van der Waals surface area contributed by atoms with Gasteiger partial charge in [-0.2, -0.15) is 4.40 Å². The van der Waals surface area contributed by atoms with Gasteiger partial charge in [-0.1, -0.05) is 23.7 Å². The Morgan fingerprint density at radius 1 is 1.19 bits per heavy atom. The highest BCUT2D eigenvalue weighted by Crippen LogP contribution is 2.17. The molecular weight excluding hydrogens is 246 g/mol. The smallest absolute Gasteiger partial charge is 0.204 e. The zero-order chi connectivity index (χ0) is 12.4. The molecule has 0 aromatic heterocycles. The summed E-state index contributed by atoms with van der Waals surface area (Å²) >= 11 is 5.71. The van der Waals surface area contributed by atoms with Gasteiger partial charge in [-0.3, -0.25) is 0 Å². The van der Waals surface area contributed by atoms with Crippen molar-refractivity contribution in [3.63, 3.8) is 0 Å². The van der Waals surface area contributed by atoms with Crippen LogP contribution in [0.1, 0.15) is 26.3 Å². The van der Waals surface area contributed by atoms with E-state index in [2.05, 4.69) is 4.40 Å². The Bertz CT molecular complexity index is 484. The van der Waals surface area contributed by atoms with Gasteiger partial charge in [0.2, 0.25) is 0 Å². The summed E-state index contributed by atoms with van der Waals surface area (Å²) in [5.41, 5.74) is 0.706. The molecule has 0 saturated heterocycles. The molecule has 3 nitrogen and oxygen atoms in total. The van der Waals surface area contributed by atoms with E-state index in [1.165, 1.54) is 6.21 Å². The van der Waals surface area contributed by atoms with Crippen LogP contribution in [0.4, 0.5) is 0 Å². The Morgan fingerprint density at radius 3 is 2.12 bits per heavy atom. The molecule has 0 fully saturated rings. The highest BCUT2D eigenvalue weighted by Gasteiger charge is 2.27. The Balaban J connectivity index is 2.94. The standard InChI is InChI=1S/C11H14ClNO2S/c1-11(2,3)16(14,15)13-8-9-4-6-10(12)7-5-9/h4-8H,1-3H3/b13-8+. The van der Waals surface area contributed by atoms with Crippen molar-refractivity contribution in [1.29, 1.82) is 0 Å². The van der Waals surface area contributed by atoms with Crippen LogP contribution in [0.2, 0.25) is 5.02 Å². The van der Waals surface area contributed by atoms with E-state index in [4.69, 9.17) is 11.6 Å². The molecular formula is C11H14ClNO2S. The van der Waals surface area contributed by atoms with Crippen molar-refractivity contribution >= 4 is 27.8 Å². The number of hydrogen-bond donors (Lipinski definition) is 0. The zero-order valence-electron chi connectivity index (χ0n) is 9.44. The number of rotatable bonds is 2. The molecule has 0 atom stereocenters. The first kappa shape index (κ1) is 13.2. The molecule has 0 heterocycles. The first-order valence-corrected chi connectivity index (χ1v) is 6.60. The summed E-state index contributed by atoms with van der Waals surface area (Å²) in [5, 5.41) is 0.607. The second kappa shape index (κ2) is 4.55. The van der Waals surface area contributed by atoms with Gasteiger partial charge >= 0.3 is 0 Å². The molecule has 1 aromatic carbocycles. The van der Waals surface area contributed by atoms with Gasteiger partial charge in [0.05, 0.1) is 4.75 Å². The normalized spacial score (nSPS) is 13.2. The third-order valence-electron chi connectivity index (χ3n) is 1.98. The molecule has 1 rings (SSSR count). The maximum absolute atomic E-state index is 11.7. The second-order valence-electron chi connectivity index (χ2n) is 4.37. The van der Waals surface area contributed by atoms with E-state index < -0.39 is 14.8 Å². The molecule has 0 saturated carbocycles. The van der Waals surface area contributed by atoms with Crippen molar-refractivity contribution in [3.05, 3.63) is 34.9 Å². The fourth-order valence-electron chi connectivity index (χ4n) is 0.837. The summed E-state index contributed by atoms with van der Waals surface area (Å²) in [6.07, 6.45) is 1.33. The minimum absolute atomic E-state index is 0.607. The van der Waals surface area contributed by atoms with Gasteiger partial charge in [0.1, 0.15) is 0 Å². The minimum Gasteiger partial charge on any atom is -0.204 e. The molecule has 88 valence electrons. The first-order chi connectivity index (χ1) is 7.22. The van der Waals surface area contributed by atoms with Gasteiger partial charge in [0.15, 0.2) is 0 Å². The summed E-state index contributed by atoms with van der Waals surface area (Å²) in [7, 11) is -3.47. The van der Waals surface area contributed by atoms with Gasteiger partial charge in [-0.25, -0.2) is 8.42 Å². The van der Waals surface area contributed by atoms with Gasteiger partial charge < -0.3 is 0 Å². The van der Waals surface area contributed by atoms with Crippen LogP contribution in [0.15, 0.2) is 28.7 Å². The Morgan fingerprint density at radius 2 is 1.69 bits per heavy atom. The molecule has 0 radical (unpaired) electrons. The Labute approximate surface area is 101 Å². The molecule has 5 heteroatoms. The lowest BCUT2D eigenvalue weighted by Crippen LogP contribution is -2.25. The van der Waals surface area contributed by atoms with Crippen LogP contribution in [-0.2, 0) is 10.0 Å². The summed E-state index contributed by atoms with van der Waals surface area (Å²) in [5.74, 6) is 0. The lowest BCUT2D eigenvalue weighted by atomic mass is 10.2. The van der Waals surface area contributed by atoms with E-state index in [0.717, 1.165) is 0 Å². The lowest BCUT2D eigenvalue weighted by Gasteiger charge is -2.14. The van der Waals surface area contributed by atoms with Crippen molar-refractivity contribution in [2.45, 2.75) is 25.5 Å². The Kier molecular flexibility index (Phi) is 3.76. The van der Waals surface area contributed by atoms with Gasteiger partial charge in [0, 0.05) is 11.2 Å². The highest BCUT2D eigenvalue weighted by molar-refractivity contribution is 7.91. The van der Waals surface area contributed by atoms with Crippen LogP contribution in [-0.4, -0.2) is 19.4 Å².